The molecule has 5 heteroatoms. The minimum Gasteiger partial charge on any atom is -0.310 e. The summed E-state index contributed by atoms with van der Waals surface area (Å²) in [7, 11) is 0. The fraction of sp³-hybridized carbons (Fsp3) is 0.400. The lowest BCUT2D eigenvalue weighted by atomic mass is 9.99. The third kappa shape index (κ3) is 3.70. The zero-order chi connectivity index (χ0) is 14.6. The number of rotatable bonds is 5. The van der Waals surface area contributed by atoms with Crippen molar-refractivity contribution < 1.29 is 13.2 Å². The van der Waals surface area contributed by atoms with E-state index in [-0.39, 0.29) is 0 Å². The van der Waals surface area contributed by atoms with Crippen LogP contribution < -0.4 is 5.32 Å². The number of hydrogen-bond acceptors (Lipinski definition) is 2. The first-order valence-electron chi connectivity index (χ1n) is 6.64. The SMILES string of the molecule is CCCNC(CC(F)(F)F)c1cncc2ccccc12. The second-order valence-corrected chi connectivity index (χ2v) is 4.78. The highest BCUT2D eigenvalue weighted by Crippen LogP contribution is 2.32. The van der Waals surface area contributed by atoms with E-state index in [9.17, 15) is 13.2 Å². The van der Waals surface area contributed by atoms with Crippen molar-refractivity contribution in [2.24, 2.45) is 0 Å². The second kappa shape index (κ2) is 6.22. The first kappa shape index (κ1) is 14.8. The predicted octanol–water partition coefficient (Wildman–Crippen LogP) is 4.23. The average Bonchev–Trinajstić information content (AvgIpc) is 2.41. The fourth-order valence-corrected chi connectivity index (χ4v) is 2.26. The van der Waals surface area contributed by atoms with E-state index in [4.69, 9.17) is 0 Å². The Balaban J connectivity index is 2.39. The largest absolute Gasteiger partial charge is 0.390 e. The van der Waals surface area contributed by atoms with Crippen molar-refractivity contribution in [1.82, 2.24) is 10.3 Å². The fourth-order valence-electron chi connectivity index (χ4n) is 2.26. The Morgan fingerprint density at radius 3 is 2.65 bits per heavy atom. The summed E-state index contributed by atoms with van der Waals surface area (Å²) in [5.41, 5.74) is 0.605. The van der Waals surface area contributed by atoms with Crippen molar-refractivity contribution in [3.05, 3.63) is 42.2 Å². The molecule has 0 amide bonds. The van der Waals surface area contributed by atoms with Gasteiger partial charge in [0.05, 0.1) is 6.42 Å². The van der Waals surface area contributed by atoms with Crippen LogP contribution >= 0.6 is 0 Å². The van der Waals surface area contributed by atoms with Gasteiger partial charge in [0.1, 0.15) is 0 Å². The molecule has 1 atom stereocenters. The molecule has 0 aliphatic heterocycles. The van der Waals surface area contributed by atoms with Crippen LogP contribution in [0.1, 0.15) is 31.4 Å². The third-order valence-electron chi connectivity index (χ3n) is 3.15. The molecule has 1 aromatic carbocycles. The smallest absolute Gasteiger partial charge is 0.310 e. The van der Waals surface area contributed by atoms with Gasteiger partial charge in [0.15, 0.2) is 0 Å². The Hall–Kier alpha value is -1.62. The van der Waals surface area contributed by atoms with E-state index in [2.05, 4.69) is 10.3 Å². The molecule has 0 saturated heterocycles. The van der Waals surface area contributed by atoms with Crippen LogP contribution in [0.3, 0.4) is 0 Å². The Bertz CT molecular complexity index is 561. The van der Waals surface area contributed by atoms with Gasteiger partial charge in [-0.3, -0.25) is 4.98 Å². The molecule has 2 rings (SSSR count). The number of aromatic nitrogens is 1. The molecule has 0 saturated carbocycles. The first-order valence-corrected chi connectivity index (χ1v) is 6.64. The standard InChI is InChI=1S/C15H17F3N2/c1-2-7-20-14(8-15(16,17)18)13-10-19-9-11-5-3-4-6-12(11)13/h3-6,9-10,14,20H,2,7-8H2,1H3. The summed E-state index contributed by atoms with van der Waals surface area (Å²) in [6, 6.07) is 6.62. The molecule has 0 spiro atoms. The van der Waals surface area contributed by atoms with Gasteiger partial charge in [0, 0.05) is 23.8 Å². The van der Waals surface area contributed by atoms with Crippen molar-refractivity contribution in [2.45, 2.75) is 32.0 Å². The maximum absolute atomic E-state index is 12.8. The monoisotopic (exact) mass is 282 g/mol. The third-order valence-corrected chi connectivity index (χ3v) is 3.15. The van der Waals surface area contributed by atoms with Crippen LogP contribution in [0.15, 0.2) is 36.7 Å². The molecular weight excluding hydrogens is 265 g/mol. The summed E-state index contributed by atoms with van der Waals surface area (Å²) in [6.45, 7) is 2.48. The van der Waals surface area contributed by atoms with E-state index in [1.165, 1.54) is 6.20 Å². The molecule has 0 aliphatic rings. The lowest BCUT2D eigenvalue weighted by molar-refractivity contribution is -0.140. The second-order valence-electron chi connectivity index (χ2n) is 4.78. The molecule has 0 bridgehead atoms. The first-order chi connectivity index (χ1) is 9.51. The van der Waals surface area contributed by atoms with Crippen molar-refractivity contribution in [3.8, 4) is 0 Å². The molecule has 1 N–H and O–H groups in total. The normalized spacial score (nSPS) is 13.6. The van der Waals surface area contributed by atoms with Crippen LogP contribution in [0.5, 0.6) is 0 Å². The summed E-state index contributed by atoms with van der Waals surface area (Å²) in [4.78, 5) is 4.06. The van der Waals surface area contributed by atoms with E-state index in [0.717, 1.165) is 17.2 Å². The molecule has 1 unspecified atom stereocenters. The topological polar surface area (TPSA) is 24.9 Å². The van der Waals surface area contributed by atoms with Gasteiger partial charge in [-0.1, -0.05) is 31.2 Å². The van der Waals surface area contributed by atoms with Crippen LogP contribution in [-0.2, 0) is 0 Å². The number of nitrogens with one attached hydrogen (secondary N) is 1. The van der Waals surface area contributed by atoms with Gasteiger partial charge in [-0.15, -0.1) is 0 Å². The Morgan fingerprint density at radius 1 is 1.20 bits per heavy atom. The number of nitrogens with zero attached hydrogens (tertiary/aromatic N) is 1. The maximum Gasteiger partial charge on any atom is 0.390 e. The summed E-state index contributed by atoms with van der Waals surface area (Å²) < 4.78 is 38.3. The van der Waals surface area contributed by atoms with Gasteiger partial charge in [-0.05, 0) is 23.9 Å². The molecule has 1 aromatic heterocycles. The van der Waals surface area contributed by atoms with Gasteiger partial charge in [0.2, 0.25) is 0 Å². The molecule has 0 aliphatic carbocycles. The van der Waals surface area contributed by atoms with Crippen LogP contribution in [0.25, 0.3) is 10.8 Å². The van der Waals surface area contributed by atoms with E-state index < -0.39 is 18.6 Å². The number of hydrogen-bond donors (Lipinski definition) is 1. The number of alkyl halides is 3. The molecule has 1 heterocycles. The van der Waals surface area contributed by atoms with Crippen molar-refractivity contribution in [2.75, 3.05) is 6.54 Å². The molecular formula is C15H17F3N2. The zero-order valence-electron chi connectivity index (χ0n) is 11.2. The highest BCUT2D eigenvalue weighted by Gasteiger charge is 2.33. The lowest BCUT2D eigenvalue weighted by Crippen LogP contribution is -2.27. The van der Waals surface area contributed by atoms with Gasteiger partial charge in [-0.25, -0.2) is 0 Å². The number of halogens is 3. The van der Waals surface area contributed by atoms with E-state index >= 15 is 0 Å². The lowest BCUT2D eigenvalue weighted by Gasteiger charge is -2.21. The van der Waals surface area contributed by atoms with Gasteiger partial charge in [-0.2, -0.15) is 13.2 Å². The minimum atomic E-state index is -4.21. The number of pyridine rings is 1. The number of benzene rings is 1. The molecule has 2 aromatic rings. The molecule has 20 heavy (non-hydrogen) atoms. The Labute approximate surface area is 116 Å². The number of fused-ring (bicyclic) bond motifs is 1. The molecule has 108 valence electrons. The van der Waals surface area contributed by atoms with Crippen molar-refractivity contribution >= 4 is 10.8 Å². The molecule has 0 fully saturated rings. The Morgan fingerprint density at radius 2 is 1.95 bits per heavy atom. The molecule has 0 radical (unpaired) electrons. The maximum atomic E-state index is 12.8. The molecule has 2 nitrogen and oxygen atoms in total. The van der Waals surface area contributed by atoms with Crippen LogP contribution in [-0.4, -0.2) is 17.7 Å². The van der Waals surface area contributed by atoms with Crippen LogP contribution in [0.2, 0.25) is 0 Å². The van der Waals surface area contributed by atoms with Gasteiger partial charge < -0.3 is 5.32 Å². The zero-order valence-corrected chi connectivity index (χ0v) is 11.2. The summed E-state index contributed by atoms with van der Waals surface area (Å²) in [5, 5.41) is 4.65. The Kier molecular flexibility index (Phi) is 4.60. The minimum absolute atomic E-state index is 0.546. The highest BCUT2D eigenvalue weighted by molar-refractivity contribution is 5.85. The van der Waals surface area contributed by atoms with Crippen molar-refractivity contribution in [3.63, 3.8) is 0 Å². The quantitative estimate of drug-likeness (QED) is 0.887. The summed E-state index contributed by atoms with van der Waals surface area (Å²) >= 11 is 0. The van der Waals surface area contributed by atoms with Gasteiger partial charge in [0.25, 0.3) is 0 Å². The average molecular weight is 282 g/mol. The van der Waals surface area contributed by atoms with Crippen LogP contribution in [0.4, 0.5) is 13.2 Å². The summed E-state index contributed by atoms with van der Waals surface area (Å²) in [5.74, 6) is 0. The van der Waals surface area contributed by atoms with E-state index in [1.54, 1.807) is 6.20 Å². The van der Waals surface area contributed by atoms with Crippen LogP contribution in [0, 0.1) is 0 Å². The van der Waals surface area contributed by atoms with Crippen molar-refractivity contribution in [1.29, 1.82) is 0 Å². The highest BCUT2D eigenvalue weighted by atomic mass is 19.4. The van der Waals surface area contributed by atoms with Gasteiger partial charge >= 0.3 is 6.18 Å². The predicted molar refractivity (Wildman–Crippen MR) is 73.4 cm³/mol. The van der Waals surface area contributed by atoms with E-state index in [0.29, 0.717) is 12.1 Å². The van der Waals surface area contributed by atoms with E-state index in [1.807, 2.05) is 31.2 Å². The summed E-state index contributed by atoms with van der Waals surface area (Å²) in [6.07, 6.45) is -1.11.